The molecule has 1 amide bonds. The topological polar surface area (TPSA) is 46.1 Å². The fourth-order valence-corrected chi connectivity index (χ4v) is 2.36. The molecule has 0 aliphatic rings. The van der Waals surface area contributed by atoms with E-state index in [0.717, 1.165) is 31.6 Å². The lowest BCUT2D eigenvalue weighted by atomic mass is 10.2. The predicted molar refractivity (Wildman–Crippen MR) is 98.5 cm³/mol. The molecular weight excluding hydrogens is 321 g/mol. The monoisotopic (exact) mass is 345 g/mol. The average molecular weight is 346 g/mol. The molecule has 22 heavy (non-hydrogen) atoms. The Morgan fingerprint density at radius 2 is 2.00 bits per heavy atom. The van der Waals surface area contributed by atoms with Crippen molar-refractivity contribution in [3.8, 4) is 0 Å². The Kier molecular flexibility index (Phi) is 9.90. The van der Waals surface area contributed by atoms with E-state index < -0.39 is 0 Å². The lowest BCUT2D eigenvalue weighted by molar-refractivity contribution is -0.116. The predicted octanol–water partition coefficient (Wildman–Crippen LogP) is 3.83. The molecule has 0 unspecified atom stereocenters. The normalized spacial score (nSPS) is 9.91. The van der Waals surface area contributed by atoms with Gasteiger partial charge in [0.15, 0.2) is 0 Å². The Morgan fingerprint density at radius 3 is 2.68 bits per heavy atom. The number of rotatable bonds is 7. The minimum Gasteiger partial charge on any atom is -0.347 e. The molecule has 0 bridgehead atoms. The van der Waals surface area contributed by atoms with E-state index in [9.17, 15) is 4.79 Å². The summed E-state index contributed by atoms with van der Waals surface area (Å²) in [6.07, 6.45) is 4.63. The van der Waals surface area contributed by atoms with Gasteiger partial charge < -0.3 is 15.2 Å². The standard InChI is InChI=1S/C16H23N3O.2ClH/c1-3-10-19-11-8-13-12-14(6-7-15(13)19)18-16(20)5-4-9-17-2;;/h6-8,11-12,17H,3-5,9-10H2,1-2H3,(H,18,20);2*1H. The van der Waals surface area contributed by atoms with Gasteiger partial charge in [-0.05, 0) is 50.7 Å². The molecular formula is C16H25Cl2N3O. The second-order valence-electron chi connectivity index (χ2n) is 5.04. The van der Waals surface area contributed by atoms with Crippen molar-refractivity contribution in [3.63, 3.8) is 0 Å². The first kappa shape index (κ1) is 20.8. The van der Waals surface area contributed by atoms with Crippen molar-refractivity contribution in [1.82, 2.24) is 9.88 Å². The molecule has 2 rings (SSSR count). The highest BCUT2D eigenvalue weighted by Gasteiger charge is 2.05. The van der Waals surface area contributed by atoms with Crippen molar-refractivity contribution >= 4 is 47.3 Å². The average Bonchev–Trinajstić information content (AvgIpc) is 2.82. The number of benzene rings is 1. The Morgan fingerprint density at radius 1 is 1.23 bits per heavy atom. The highest BCUT2D eigenvalue weighted by Crippen LogP contribution is 2.21. The van der Waals surface area contributed by atoms with Crippen LogP contribution < -0.4 is 10.6 Å². The van der Waals surface area contributed by atoms with Crippen LogP contribution in [0.15, 0.2) is 30.5 Å². The van der Waals surface area contributed by atoms with Crippen LogP contribution in [0.3, 0.4) is 0 Å². The lowest BCUT2D eigenvalue weighted by Crippen LogP contribution is -2.15. The van der Waals surface area contributed by atoms with Gasteiger partial charge in [0, 0.05) is 35.8 Å². The van der Waals surface area contributed by atoms with Crippen molar-refractivity contribution < 1.29 is 4.79 Å². The zero-order valence-electron chi connectivity index (χ0n) is 13.1. The van der Waals surface area contributed by atoms with E-state index in [1.54, 1.807) is 0 Å². The van der Waals surface area contributed by atoms with Gasteiger partial charge in [-0.15, -0.1) is 24.8 Å². The number of amides is 1. The van der Waals surface area contributed by atoms with Crippen molar-refractivity contribution in [1.29, 1.82) is 0 Å². The summed E-state index contributed by atoms with van der Waals surface area (Å²) in [4.78, 5) is 11.8. The third-order valence-corrected chi connectivity index (χ3v) is 3.35. The number of fused-ring (bicyclic) bond motifs is 1. The highest BCUT2D eigenvalue weighted by molar-refractivity contribution is 5.93. The highest BCUT2D eigenvalue weighted by atomic mass is 35.5. The van der Waals surface area contributed by atoms with Gasteiger partial charge in [-0.2, -0.15) is 0 Å². The van der Waals surface area contributed by atoms with E-state index in [-0.39, 0.29) is 30.7 Å². The lowest BCUT2D eigenvalue weighted by Gasteiger charge is -2.07. The maximum Gasteiger partial charge on any atom is 0.224 e. The molecule has 2 aromatic rings. The number of anilines is 1. The van der Waals surface area contributed by atoms with Gasteiger partial charge in [0.1, 0.15) is 0 Å². The van der Waals surface area contributed by atoms with Gasteiger partial charge in [0.25, 0.3) is 0 Å². The zero-order valence-corrected chi connectivity index (χ0v) is 14.7. The molecule has 6 heteroatoms. The zero-order chi connectivity index (χ0) is 14.4. The number of aryl methyl sites for hydroxylation is 1. The molecule has 0 atom stereocenters. The van der Waals surface area contributed by atoms with Gasteiger partial charge in [-0.1, -0.05) is 6.92 Å². The SMILES string of the molecule is CCCn1ccc2cc(NC(=O)CCCNC)ccc21.Cl.Cl. The summed E-state index contributed by atoms with van der Waals surface area (Å²) in [6.45, 7) is 4.07. The molecule has 1 heterocycles. The minimum atomic E-state index is 0. The molecule has 0 fully saturated rings. The largest absolute Gasteiger partial charge is 0.347 e. The van der Waals surface area contributed by atoms with Crippen LogP contribution in [0.5, 0.6) is 0 Å². The van der Waals surface area contributed by atoms with Gasteiger partial charge in [0.2, 0.25) is 5.91 Å². The molecule has 2 N–H and O–H groups in total. The van der Waals surface area contributed by atoms with Crippen molar-refractivity contribution in [2.75, 3.05) is 18.9 Å². The van der Waals surface area contributed by atoms with Crippen molar-refractivity contribution in [2.45, 2.75) is 32.7 Å². The Balaban J connectivity index is 0.00000220. The second kappa shape index (κ2) is 10.5. The summed E-state index contributed by atoms with van der Waals surface area (Å²) in [5, 5.41) is 7.17. The van der Waals surface area contributed by atoms with E-state index in [1.165, 1.54) is 10.9 Å². The molecule has 0 saturated heterocycles. The number of hydrogen-bond donors (Lipinski definition) is 2. The van der Waals surface area contributed by atoms with E-state index in [0.29, 0.717) is 6.42 Å². The smallest absolute Gasteiger partial charge is 0.224 e. The van der Waals surface area contributed by atoms with Crippen LogP contribution in [0.4, 0.5) is 5.69 Å². The molecule has 0 saturated carbocycles. The molecule has 124 valence electrons. The van der Waals surface area contributed by atoms with Crippen LogP contribution in [0.1, 0.15) is 26.2 Å². The van der Waals surface area contributed by atoms with Crippen LogP contribution in [0.2, 0.25) is 0 Å². The van der Waals surface area contributed by atoms with Crippen molar-refractivity contribution in [3.05, 3.63) is 30.5 Å². The first-order chi connectivity index (χ1) is 9.74. The second-order valence-corrected chi connectivity index (χ2v) is 5.04. The number of carbonyl (C=O) groups is 1. The first-order valence-corrected chi connectivity index (χ1v) is 7.28. The fraction of sp³-hybridized carbons (Fsp3) is 0.438. The van der Waals surface area contributed by atoms with Crippen LogP contribution in [-0.2, 0) is 11.3 Å². The fourth-order valence-electron chi connectivity index (χ4n) is 2.36. The Labute approximate surface area is 144 Å². The van der Waals surface area contributed by atoms with Crippen LogP contribution >= 0.6 is 24.8 Å². The van der Waals surface area contributed by atoms with Crippen molar-refractivity contribution in [2.24, 2.45) is 0 Å². The molecule has 1 aromatic heterocycles. The molecule has 4 nitrogen and oxygen atoms in total. The van der Waals surface area contributed by atoms with Gasteiger partial charge in [-0.3, -0.25) is 4.79 Å². The molecule has 1 aromatic carbocycles. The number of nitrogens with zero attached hydrogens (tertiary/aromatic N) is 1. The third-order valence-electron chi connectivity index (χ3n) is 3.35. The number of nitrogens with one attached hydrogen (secondary N) is 2. The molecule has 0 spiro atoms. The van der Waals surface area contributed by atoms with E-state index >= 15 is 0 Å². The van der Waals surface area contributed by atoms with E-state index in [2.05, 4.69) is 40.5 Å². The summed E-state index contributed by atoms with van der Waals surface area (Å²) in [6, 6.07) is 8.19. The summed E-state index contributed by atoms with van der Waals surface area (Å²) >= 11 is 0. The molecule has 0 aliphatic carbocycles. The van der Waals surface area contributed by atoms with Crippen LogP contribution in [-0.4, -0.2) is 24.1 Å². The maximum atomic E-state index is 11.8. The van der Waals surface area contributed by atoms with E-state index in [1.807, 2.05) is 19.2 Å². The first-order valence-electron chi connectivity index (χ1n) is 7.28. The molecule has 0 aliphatic heterocycles. The maximum absolute atomic E-state index is 11.8. The Bertz CT molecular complexity index is 584. The van der Waals surface area contributed by atoms with Gasteiger partial charge in [-0.25, -0.2) is 0 Å². The van der Waals surface area contributed by atoms with Crippen LogP contribution in [0, 0.1) is 0 Å². The number of halogens is 2. The number of carbonyl (C=O) groups excluding carboxylic acids is 1. The summed E-state index contributed by atoms with van der Waals surface area (Å²) < 4.78 is 2.24. The quantitative estimate of drug-likeness (QED) is 0.749. The molecule has 0 radical (unpaired) electrons. The number of hydrogen-bond acceptors (Lipinski definition) is 2. The summed E-state index contributed by atoms with van der Waals surface area (Å²) in [5.41, 5.74) is 2.10. The summed E-state index contributed by atoms with van der Waals surface area (Å²) in [7, 11) is 1.90. The summed E-state index contributed by atoms with van der Waals surface area (Å²) in [5.74, 6) is 0.0765. The van der Waals surface area contributed by atoms with Crippen LogP contribution in [0.25, 0.3) is 10.9 Å². The van der Waals surface area contributed by atoms with Gasteiger partial charge in [0.05, 0.1) is 0 Å². The minimum absolute atomic E-state index is 0. The third kappa shape index (κ3) is 5.52. The Hall–Kier alpha value is -1.23. The van der Waals surface area contributed by atoms with Gasteiger partial charge >= 0.3 is 0 Å². The van der Waals surface area contributed by atoms with E-state index in [4.69, 9.17) is 0 Å². The number of aromatic nitrogens is 1.